The average Bonchev–Trinajstić information content (AvgIpc) is 3.21. The van der Waals surface area contributed by atoms with Gasteiger partial charge in [-0.05, 0) is 28.8 Å². The molecule has 1 saturated heterocycles. The molecule has 24 heavy (non-hydrogen) atoms. The first kappa shape index (κ1) is 15.3. The normalized spacial score (nSPS) is 17.6. The molecular weight excluding hydrogens is 374 g/mol. The third-order valence-corrected chi connectivity index (χ3v) is 4.88. The summed E-state index contributed by atoms with van der Waals surface area (Å²) in [7, 11) is 0. The Labute approximate surface area is 146 Å². The van der Waals surface area contributed by atoms with Crippen molar-refractivity contribution in [3.8, 4) is 11.3 Å². The lowest BCUT2D eigenvalue weighted by Gasteiger charge is -2.06. The molecule has 0 amide bonds. The van der Waals surface area contributed by atoms with Crippen LogP contribution in [0.25, 0.3) is 16.9 Å². The van der Waals surface area contributed by atoms with Crippen molar-refractivity contribution >= 4 is 27.5 Å². The van der Waals surface area contributed by atoms with Crippen molar-refractivity contribution in [3.63, 3.8) is 0 Å². The summed E-state index contributed by atoms with van der Waals surface area (Å²) < 4.78 is 8.97. The topological polar surface area (TPSA) is 87.4 Å². The highest BCUT2D eigenvalue weighted by atomic mass is 79.9. The van der Waals surface area contributed by atoms with E-state index < -0.39 is 0 Å². The van der Waals surface area contributed by atoms with Gasteiger partial charge >= 0.3 is 5.69 Å². The van der Waals surface area contributed by atoms with Gasteiger partial charge in [-0.1, -0.05) is 30.3 Å². The summed E-state index contributed by atoms with van der Waals surface area (Å²) in [5.74, 6) is 0.121. The summed E-state index contributed by atoms with van der Waals surface area (Å²) in [6.45, 7) is 1.16. The van der Waals surface area contributed by atoms with E-state index in [9.17, 15) is 4.79 Å². The number of nitrogen functional groups attached to an aromatic ring is 1. The number of rotatable bonds is 3. The first-order valence-corrected chi connectivity index (χ1v) is 8.56. The molecule has 3 aromatic rings. The van der Waals surface area contributed by atoms with E-state index in [4.69, 9.17) is 10.5 Å². The van der Waals surface area contributed by atoms with Gasteiger partial charge in [0.1, 0.15) is 0 Å². The molecule has 0 saturated carbocycles. The average molecular weight is 390 g/mol. The minimum Gasteiger partial charge on any atom is -0.376 e. The van der Waals surface area contributed by atoms with E-state index in [0.29, 0.717) is 22.4 Å². The number of ether oxygens (including phenoxy) is 1. The molecule has 3 heterocycles. The Morgan fingerprint density at radius 3 is 2.83 bits per heavy atom. The molecule has 0 radical (unpaired) electrons. The van der Waals surface area contributed by atoms with Crippen LogP contribution in [0.3, 0.4) is 0 Å². The van der Waals surface area contributed by atoms with Gasteiger partial charge < -0.3 is 10.5 Å². The van der Waals surface area contributed by atoms with Crippen LogP contribution in [0, 0.1) is 0 Å². The van der Waals surface area contributed by atoms with Crippen LogP contribution in [0.4, 0.5) is 5.95 Å². The molecule has 1 aliphatic rings. The Morgan fingerprint density at radius 2 is 2.12 bits per heavy atom. The minimum absolute atomic E-state index is 0.0224. The Balaban J connectivity index is 1.86. The van der Waals surface area contributed by atoms with Crippen LogP contribution >= 0.6 is 15.9 Å². The summed E-state index contributed by atoms with van der Waals surface area (Å²) in [5.41, 5.74) is 7.76. The molecule has 0 aliphatic carbocycles. The number of hydrogen-bond acceptors (Lipinski definition) is 5. The number of benzene rings is 1. The van der Waals surface area contributed by atoms with E-state index >= 15 is 0 Å². The van der Waals surface area contributed by atoms with Crippen LogP contribution in [0.5, 0.6) is 0 Å². The maximum atomic E-state index is 12.6. The predicted molar refractivity (Wildman–Crippen MR) is 93.8 cm³/mol. The maximum Gasteiger partial charge on any atom is 0.353 e. The molecule has 0 bridgehead atoms. The molecule has 1 fully saturated rings. The molecule has 8 heteroatoms. The lowest BCUT2D eigenvalue weighted by atomic mass is 10.1. The Kier molecular flexibility index (Phi) is 3.85. The molecule has 7 nitrogen and oxygen atoms in total. The largest absolute Gasteiger partial charge is 0.376 e. The van der Waals surface area contributed by atoms with Crippen molar-refractivity contribution in [2.24, 2.45) is 0 Å². The van der Waals surface area contributed by atoms with E-state index in [0.717, 1.165) is 25.0 Å². The molecule has 4 rings (SSSR count). The van der Waals surface area contributed by atoms with Crippen molar-refractivity contribution < 1.29 is 4.74 Å². The van der Waals surface area contributed by atoms with E-state index in [1.807, 2.05) is 30.3 Å². The van der Waals surface area contributed by atoms with Gasteiger partial charge in [0.15, 0.2) is 5.65 Å². The van der Waals surface area contributed by atoms with Gasteiger partial charge in [0.05, 0.1) is 22.8 Å². The number of nitrogens with two attached hydrogens (primary N) is 1. The molecule has 2 N–H and O–H groups in total. The molecule has 2 aromatic heterocycles. The van der Waals surface area contributed by atoms with Gasteiger partial charge in [0.25, 0.3) is 0 Å². The fourth-order valence-electron chi connectivity index (χ4n) is 2.96. The lowest BCUT2D eigenvalue weighted by molar-refractivity contribution is 0.0931. The van der Waals surface area contributed by atoms with Crippen molar-refractivity contribution in [2.75, 3.05) is 12.3 Å². The zero-order valence-electron chi connectivity index (χ0n) is 12.9. The predicted octanol–water partition coefficient (Wildman–Crippen LogP) is 2.08. The highest BCUT2D eigenvalue weighted by Gasteiger charge is 2.22. The minimum atomic E-state index is -0.300. The van der Waals surface area contributed by atoms with Crippen molar-refractivity contribution in [2.45, 2.75) is 25.5 Å². The summed E-state index contributed by atoms with van der Waals surface area (Å²) in [6, 6.07) is 9.65. The second-order valence-electron chi connectivity index (χ2n) is 5.76. The highest BCUT2D eigenvalue weighted by molar-refractivity contribution is 9.10. The highest BCUT2D eigenvalue weighted by Crippen LogP contribution is 2.29. The number of anilines is 1. The number of halogens is 1. The van der Waals surface area contributed by atoms with Crippen molar-refractivity contribution in [3.05, 3.63) is 45.3 Å². The summed E-state index contributed by atoms with van der Waals surface area (Å²) >= 11 is 3.53. The summed E-state index contributed by atoms with van der Waals surface area (Å²) in [6.07, 6.45) is 1.97. The van der Waals surface area contributed by atoms with Gasteiger partial charge in [0, 0.05) is 12.2 Å². The van der Waals surface area contributed by atoms with E-state index in [-0.39, 0.29) is 17.7 Å². The molecule has 0 spiro atoms. The zero-order chi connectivity index (χ0) is 16.7. The maximum absolute atomic E-state index is 12.6. The van der Waals surface area contributed by atoms with Crippen LogP contribution in [-0.4, -0.2) is 31.9 Å². The van der Waals surface area contributed by atoms with E-state index in [1.165, 1.54) is 9.08 Å². The monoisotopic (exact) mass is 389 g/mol. The number of aromatic nitrogens is 4. The standard InChI is InChI=1S/C16H16BrN5O2/c17-12-13(10-5-2-1-3-6-10)19-15(18)22-14(12)20-21(16(22)23)9-11-7-4-8-24-11/h1-3,5-6,11H,4,7-9H2,(H2,18,19). The SMILES string of the molecule is Nc1nc(-c2ccccc2)c(Br)c2nn(CC3CCCO3)c(=O)n12. The van der Waals surface area contributed by atoms with Gasteiger partial charge in [-0.25, -0.2) is 18.9 Å². The van der Waals surface area contributed by atoms with Crippen LogP contribution in [-0.2, 0) is 11.3 Å². The third-order valence-electron chi connectivity index (χ3n) is 4.15. The molecule has 1 unspecified atom stereocenters. The van der Waals surface area contributed by atoms with Crippen LogP contribution in [0.2, 0.25) is 0 Å². The number of hydrogen-bond donors (Lipinski definition) is 1. The lowest BCUT2D eigenvalue weighted by Crippen LogP contribution is -2.28. The smallest absolute Gasteiger partial charge is 0.353 e. The fourth-order valence-corrected chi connectivity index (χ4v) is 3.54. The fraction of sp³-hybridized carbons (Fsp3) is 0.312. The Morgan fingerprint density at radius 1 is 1.33 bits per heavy atom. The Bertz CT molecular complexity index is 944. The van der Waals surface area contributed by atoms with Crippen molar-refractivity contribution in [1.82, 2.24) is 19.2 Å². The third kappa shape index (κ3) is 2.51. The van der Waals surface area contributed by atoms with Crippen LogP contribution in [0.1, 0.15) is 12.8 Å². The van der Waals surface area contributed by atoms with Crippen LogP contribution < -0.4 is 11.4 Å². The summed E-state index contributed by atoms with van der Waals surface area (Å²) in [5, 5.41) is 4.44. The van der Waals surface area contributed by atoms with E-state index in [2.05, 4.69) is 26.0 Å². The van der Waals surface area contributed by atoms with Gasteiger partial charge in [-0.15, -0.1) is 5.10 Å². The van der Waals surface area contributed by atoms with Gasteiger partial charge in [-0.3, -0.25) is 0 Å². The molecule has 124 valence electrons. The van der Waals surface area contributed by atoms with Crippen LogP contribution in [0.15, 0.2) is 39.6 Å². The van der Waals surface area contributed by atoms with Crippen molar-refractivity contribution in [1.29, 1.82) is 0 Å². The molecule has 1 aliphatic heterocycles. The number of fused-ring (bicyclic) bond motifs is 1. The van der Waals surface area contributed by atoms with E-state index in [1.54, 1.807) is 0 Å². The Hall–Kier alpha value is -2.19. The second kappa shape index (κ2) is 6.03. The summed E-state index contributed by atoms with van der Waals surface area (Å²) in [4.78, 5) is 17.0. The van der Waals surface area contributed by atoms with Gasteiger partial charge in [-0.2, -0.15) is 0 Å². The quantitative estimate of drug-likeness (QED) is 0.740. The molecule has 1 aromatic carbocycles. The zero-order valence-corrected chi connectivity index (χ0v) is 14.4. The first-order valence-electron chi connectivity index (χ1n) is 7.76. The first-order chi connectivity index (χ1) is 11.6. The molecular formula is C16H16BrN5O2. The molecule has 1 atom stereocenters. The number of nitrogens with zero attached hydrogens (tertiary/aromatic N) is 4. The van der Waals surface area contributed by atoms with Gasteiger partial charge in [0.2, 0.25) is 5.95 Å². The second-order valence-corrected chi connectivity index (χ2v) is 6.55.